The molecular weight excluding hydrogens is 348 g/mol. The Morgan fingerprint density at radius 3 is 2.64 bits per heavy atom. The number of benzene rings is 2. The molecule has 1 amide bonds. The van der Waals surface area contributed by atoms with Crippen LogP contribution in [0.4, 0.5) is 0 Å². The second-order valence-electron chi connectivity index (χ2n) is 8.40. The number of amides is 1. The van der Waals surface area contributed by atoms with Crippen molar-refractivity contribution in [2.75, 3.05) is 6.54 Å². The van der Waals surface area contributed by atoms with Crippen LogP contribution in [0.1, 0.15) is 46.8 Å². The highest BCUT2D eigenvalue weighted by Gasteiger charge is 2.29. The summed E-state index contributed by atoms with van der Waals surface area (Å²) in [6.45, 7) is 8.43. The van der Waals surface area contributed by atoms with Gasteiger partial charge in [-0.15, -0.1) is 0 Å². The molecule has 3 aromatic rings. The van der Waals surface area contributed by atoms with Crippen molar-refractivity contribution in [3.05, 3.63) is 65.0 Å². The van der Waals surface area contributed by atoms with Crippen LogP contribution in [0, 0.1) is 13.8 Å². The van der Waals surface area contributed by atoms with Crippen molar-refractivity contribution in [1.29, 1.82) is 0 Å². The third kappa shape index (κ3) is 3.54. The second kappa shape index (κ2) is 7.06. The third-order valence-corrected chi connectivity index (χ3v) is 6.00. The lowest BCUT2D eigenvalue weighted by molar-refractivity contribution is 0.0766. The Bertz CT molecular complexity index is 1030. The molecule has 0 saturated heterocycles. The summed E-state index contributed by atoms with van der Waals surface area (Å²) in [4.78, 5) is 19.1. The van der Waals surface area contributed by atoms with E-state index in [1.807, 2.05) is 35.5 Å². The predicted molar refractivity (Wildman–Crippen MR) is 112 cm³/mol. The van der Waals surface area contributed by atoms with E-state index in [2.05, 4.69) is 42.5 Å². The summed E-state index contributed by atoms with van der Waals surface area (Å²) in [7, 11) is 0. The zero-order valence-corrected chi connectivity index (χ0v) is 16.9. The van der Waals surface area contributed by atoms with Crippen molar-refractivity contribution < 1.29 is 4.79 Å². The molecule has 0 radical (unpaired) electrons. The van der Waals surface area contributed by atoms with Crippen LogP contribution in [0.25, 0.3) is 11.0 Å². The maximum absolute atomic E-state index is 12.7. The molecule has 0 spiro atoms. The van der Waals surface area contributed by atoms with Gasteiger partial charge in [0, 0.05) is 30.7 Å². The summed E-state index contributed by atoms with van der Waals surface area (Å²) in [5, 5.41) is 0. The summed E-state index contributed by atoms with van der Waals surface area (Å²) in [5.41, 5.74) is 12.8. The minimum Gasteiger partial charge on any atom is -0.334 e. The maximum Gasteiger partial charge on any atom is 0.254 e. The summed E-state index contributed by atoms with van der Waals surface area (Å²) in [5.74, 6) is 0.134. The average molecular weight is 377 g/mol. The standard InChI is InChI=1S/C23H28N4O/c1-16-12-18-14-26(22(28)19(18)13-17(16)2)10-8-23(3,24)9-11-27-15-25-20-6-4-5-7-21(20)27/h4-7,12-13,15H,8-11,14,24H2,1-3H3. The van der Waals surface area contributed by atoms with Crippen molar-refractivity contribution in [1.82, 2.24) is 14.5 Å². The van der Waals surface area contributed by atoms with Gasteiger partial charge in [-0.2, -0.15) is 0 Å². The van der Waals surface area contributed by atoms with Crippen LogP contribution >= 0.6 is 0 Å². The van der Waals surface area contributed by atoms with Crippen molar-refractivity contribution in [2.24, 2.45) is 5.73 Å². The number of rotatable bonds is 6. The molecule has 1 aliphatic rings. The van der Waals surface area contributed by atoms with Gasteiger partial charge in [0.05, 0.1) is 17.4 Å². The summed E-state index contributed by atoms with van der Waals surface area (Å²) < 4.78 is 2.16. The molecule has 2 heterocycles. The summed E-state index contributed by atoms with van der Waals surface area (Å²) in [6, 6.07) is 12.3. The van der Waals surface area contributed by atoms with E-state index in [9.17, 15) is 4.79 Å². The first-order valence-electron chi connectivity index (χ1n) is 9.92. The van der Waals surface area contributed by atoms with E-state index in [-0.39, 0.29) is 11.4 Å². The molecule has 1 aliphatic heterocycles. The summed E-state index contributed by atoms with van der Waals surface area (Å²) >= 11 is 0. The minimum absolute atomic E-state index is 0.134. The Balaban J connectivity index is 1.37. The van der Waals surface area contributed by atoms with Crippen LogP contribution in [-0.4, -0.2) is 32.4 Å². The van der Waals surface area contributed by atoms with Crippen LogP contribution in [0.15, 0.2) is 42.7 Å². The Morgan fingerprint density at radius 2 is 1.82 bits per heavy atom. The molecule has 1 atom stereocenters. The number of carbonyl (C=O) groups is 1. The molecule has 146 valence electrons. The monoisotopic (exact) mass is 376 g/mol. The maximum atomic E-state index is 12.7. The van der Waals surface area contributed by atoms with Gasteiger partial charge in [0.25, 0.3) is 5.91 Å². The van der Waals surface area contributed by atoms with E-state index >= 15 is 0 Å². The van der Waals surface area contributed by atoms with E-state index < -0.39 is 0 Å². The van der Waals surface area contributed by atoms with Gasteiger partial charge in [-0.3, -0.25) is 4.79 Å². The van der Waals surface area contributed by atoms with Gasteiger partial charge >= 0.3 is 0 Å². The predicted octanol–water partition coefficient (Wildman–Crippen LogP) is 3.81. The molecule has 2 N–H and O–H groups in total. The van der Waals surface area contributed by atoms with Gasteiger partial charge in [-0.1, -0.05) is 18.2 Å². The molecule has 2 aromatic carbocycles. The molecule has 0 fully saturated rings. The first-order valence-corrected chi connectivity index (χ1v) is 9.92. The quantitative estimate of drug-likeness (QED) is 0.711. The normalized spacial score (nSPS) is 15.9. The van der Waals surface area contributed by atoms with Crippen LogP contribution < -0.4 is 5.73 Å². The average Bonchev–Trinajstić information content (AvgIpc) is 3.21. The van der Waals surface area contributed by atoms with E-state index in [0.717, 1.165) is 41.5 Å². The summed E-state index contributed by atoms with van der Waals surface area (Å²) in [6.07, 6.45) is 3.49. The van der Waals surface area contributed by atoms with E-state index in [1.165, 1.54) is 11.1 Å². The number of nitrogens with zero attached hydrogens (tertiary/aromatic N) is 3. The second-order valence-corrected chi connectivity index (χ2v) is 8.40. The molecule has 1 aromatic heterocycles. The molecule has 28 heavy (non-hydrogen) atoms. The number of aromatic nitrogens is 2. The third-order valence-electron chi connectivity index (χ3n) is 6.00. The topological polar surface area (TPSA) is 64.2 Å². The Morgan fingerprint density at radius 1 is 1.11 bits per heavy atom. The molecule has 0 bridgehead atoms. The Labute approximate surface area is 166 Å². The van der Waals surface area contributed by atoms with Gasteiger partial charge < -0.3 is 15.2 Å². The lowest BCUT2D eigenvalue weighted by Crippen LogP contribution is -2.41. The zero-order valence-electron chi connectivity index (χ0n) is 16.9. The highest BCUT2D eigenvalue weighted by atomic mass is 16.2. The van der Waals surface area contributed by atoms with Crippen molar-refractivity contribution in [3.63, 3.8) is 0 Å². The molecule has 0 aliphatic carbocycles. The molecule has 1 unspecified atom stereocenters. The van der Waals surface area contributed by atoms with Gasteiger partial charge in [0.1, 0.15) is 0 Å². The number of imidazole rings is 1. The van der Waals surface area contributed by atoms with Gasteiger partial charge in [-0.25, -0.2) is 4.98 Å². The number of nitrogens with two attached hydrogens (primary N) is 1. The first-order chi connectivity index (χ1) is 13.3. The number of hydrogen-bond acceptors (Lipinski definition) is 3. The molecule has 5 nitrogen and oxygen atoms in total. The smallest absolute Gasteiger partial charge is 0.254 e. The Hall–Kier alpha value is -2.66. The van der Waals surface area contributed by atoms with Gasteiger partial charge in [-0.05, 0) is 68.5 Å². The molecular formula is C23H28N4O. The van der Waals surface area contributed by atoms with Crippen molar-refractivity contribution >= 4 is 16.9 Å². The van der Waals surface area contributed by atoms with E-state index in [4.69, 9.17) is 5.73 Å². The van der Waals surface area contributed by atoms with E-state index in [0.29, 0.717) is 13.1 Å². The Kier molecular flexibility index (Phi) is 4.71. The number of aryl methyl sites for hydroxylation is 3. The zero-order chi connectivity index (χ0) is 19.9. The first kappa shape index (κ1) is 18.7. The van der Waals surface area contributed by atoms with Crippen LogP contribution in [0.3, 0.4) is 0 Å². The van der Waals surface area contributed by atoms with Crippen LogP contribution in [-0.2, 0) is 13.1 Å². The number of para-hydroxylation sites is 2. The number of fused-ring (bicyclic) bond motifs is 2. The molecule has 5 heteroatoms. The lowest BCUT2D eigenvalue weighted by atomic mass is 9.94. The number of carbonyl (C=O) groups excluding carboxylic acids is 1. The van der Waals surface area contributed by atoms with Crippen molar-refractivity contribution in [3.8, 4) is 0 Å². The number of hydrogen-bond donors (Lipinski definition) is 1. The fourth-order valence-corrected chi connectivity index (χ4v) is 3.91. The highest BCUT2D eigenvalue weighted by molar-refractivity contribution is 5.98. The minimum atomic E-state index is -0.341. The van der Waals surface area contributed by atoms with Gasteiger partial charge in [0.2, 0.25) is 0 Å². The van der Waals surface area contributed by atoms with E-state index in [1.54, 1.807) is 0 Å². The van der Waals surface area contributed by atoms with Crippen molar-refractivity contribution in [2.45, 2.75) is 52.2 Å². The molecule has 4 rings (SSSR count). The molecule has 0 saturated carbocycles. The largest absolute Gasteiger partial charge is 0.334 e. The fourth-order valence-electron chi connectivity index (χ4n) is 3.91. The SMILES string of the molecule is Cc1cc2c(cc1C)C(=O)N(CCC(C)(N)CCn1cnc3ccccc31)C2. The fraction of sp³-hybridized carbons (Fsp3) is 0.391. The lowest BCUT2D eigenvalue weighted by Gasteiger charge is -2.27. The highest BCUT2D eigenvalue weighted by Crippen LogP contribution is 2.27. The van der Waals surface area contributed by atoms with Crippen LogP contribution in [0.5, 0.6) is 0 Å². The van der Waals surface area contributed by atoms with Gasteiger partial charge in [0.15, 0.2) is 0 Å². The van der Waals surface area contributed by atoms with Crippen LogP contribution in [0.2, 0.25) is 0 Å².